The van der Waals surface area contributed by atoms with Gasteiger partial charge in [0.2, 0.25) is 0 Å². The van der Waals surface area contributed by atoms with Crippen molar-refractivity contribution in [1.29, 1.82) is 0 Å². The molecule has 6 heteroatoms. The number of aromatic nitrogens is 3. The number of hydrogen-bond acceptors (Lipinski definition) is 4. The lowest BCUT2D eigenvalue weighted by Gasteiger charge is -2.14. The van der Waals surface area contributed by atoms with Crippen LogP contribution in [0.25, 0.3) is 10.9 Å². The van der Waals surface area contributed by atoms with E-state index < -0.39 is 0 Å². The van der Waals surface area contributed by atoms with Crippen molar-refractivity contribution in [1.82, 2.24) is 20.3 Å². The van der Waals surface area contributed by atoms with Crippen LogP contribution in [0.2, 0.25) is 0 Å². The quantitative estimate of drug-likeness (QED) is 0.447. The average Bonchev–Trinajstić information content (AvgIpc) is 3.18. The second-order valence-corrected chi connectivity index (χ2v) is 6.93. The molecule has 2 heterocycles. The largest absolute Gasteiger partial charge is 0.362 e. The van der Waals surface area contributed by atoms with Gasteiger partial charge in [-0.3, -0.25) is 4.79 Å². The van der Waals surface area contributed by atoms with Crippen LogP contribution < -0.4 is 10.6 Å². The molecular weight excluding hydrogens is 362 g/mol. The second kappa shape index (κ2) is 8.56. The summed E-state index contributed by atoms with van der Waals surface area (Å²) in [5.41, 5.74) is 3.75. The first-order chi connectivity index (χ1) is 14.2. The third-order valence-corrected chi connectivity index (χ3v) is 4.90. The maximum atomic E-state index is 12.3. The molecule has 0 aliphatic carbocycles. The molecule has 3 N–H and O–H groups in total. The minimum absolute atomic E-state index is 0.0985. The average molecular weight is 385 g/mol. The first kappa shape index (κ1) is 18.7. The summed E-state index contributed by atoms with van der Waals surface area (Å²) in [6.45, 7) is 2.59. The molecule has 4 aromatic rings. The molecule has 0 aliphatic rings. The highest BCUT2D eigenvalue weighted by molar-refractivity contribution is 5.92. The molecule has 0 saturated heterocycles. The molecule has 0 radical (unpaired) electrons. The van der Waals surface area contributed by atoms with Crippen molar-refractivity contribution in [3.63, 3.8) is 0 Å². The number of nitrogens with zero attached hydrogens (tertiary/aromatic N) is 2. The lowest BCUT2D eigenvalue weighted by molar-refractivity contribution is 0.0949. The summed E-state index contributed by atoms with van der Waals surface area (Å²) < 4.78 is 0. The summed E-state index contributed by atoms with van der Waals surface area (Å²) in [5, 5.41) is 7.39. The number of carbonyl (C=O) groups is 1. The maximum absolute atomic E-state index is 12.3. The van der Waals surface area contributed by atoms with Gasteiger partial charge in [-0.2, -0.15) is 0 Å². The monoisotopic (exact) mass is 385 g/mol. The van der Waals surface area contributed by atoms with Crippen LogP contribution in [-0.2, 0) is 6.42 Å². The van der Waals surface area contributed by atoms with Crippen LogP contribution >= 0.6 is 0 Å². The fraction of sp³-hybridized carbons (Fsp3) is 0.174. The standard InChI is InChI=1S/C23H23N5O/c1-16(17-7-3-2-4-8-17)28-22-15-26-21(14-27-22)23(29)24-12-11-18-13-25-20-10-6-5-9-19(18)20/h2-10,13-16,25H,11-12H2,1H3,(H,24,29)(H,27,28). The van der Waals surface area contributed by atoms with E-state index >= 15 is 0 Å². The summed E-state index contributed by atoms with van der Waals surface area (Å²) in [7, 11) is 0. The van der Waals surface area contributed by atoms with Crippen LogP contribution in [-0.4, -0.2) is 27.4 Å². The van der Waals surface area contributed by atoms with Crippen molar-refractivity contribution < 1.29 is 4.79 Å². The van der Waals surface area contributed by atoms with Crippen LogP contribution in [0.3, 0.4) is 0 Å². The van der Waals surface area contributed by atoms with Crippen LogP contribution in [0.15, 0.2) is 73.2 Å². The number of benzene rings is 2. The lowest BCUT2D eigenvalue weighted by atomic mass is 10.1. The molecule has 0 bridgehead atoms. The Hall–Kier alpha value is -3.67. The van der Waals surface area contributed by atoms with Crippen LogP contribution in [0.1, 0.15) is 34.6 Å². The van der Waals surface area contributed by atoms with Crippen LogP contribution in [0.5, 0.6) is 0 Å². The molecule has 1 unspecified atom stereocenters. The van der Waals surface area contributed by atoms with Gasteiger partial charge >= 0.3 is 0 Å². The maximum Gasteiger partial charge on any atom is 0.271 e. The normalized spacial score (nSPS) is 11.9. The molecule has 0 spiro atoms. The number of amides is 1. The fourth-order valence-corrected chi connectivity index (χ4v) is 3.31. The molecule has 2 aromatic carbocycles. The molecule has 6 nitrogen and oxygen atoms in total. The number of para-hydroxylation sites is 1. The number of aromatic amines is 1. The van der Waals surface area contributed by atoms with Crippen molar-refractivity contribution >= 4 is 22.6 Å². The topological polar surface area (TPSA) is 82.7 Å². The van der Waals surface area contributed by atoms with E-state index in [0.717, 1.165) is 17.5 Å². The second-order valence-electron chi connectivity index (χ2n) is 6.93. The number of H-pyrrole nitrogens is 1. The SMILES string of the molecule is CC(Nc1cnc(C(=O)NCCc2c[nH]c3ccccc23)cn1)c1ccccc1. The first-order valence-electron chi connectivity index (χ1n) is 9.67. The van der Waals surface area contributed by atoms with Crippen LogP contribution in [0.4, 0.5) is 5.82 Å². The van der Waals surface area contributed by atoms with Gasteiger partial charge in [0.25, 0.3) is 5.91 Å². The van der Waals surface area contributed by atoms with Gasteiger partial charge in [0, 0.05) is 29.7 Å². The summed E-state index contributed by atoms with van der Waals surface area (Å²) in [4.78, 5) is 24.2. The van der Waals surface area contributed by atoms with Gasteiger partial charge in [0.05, 0.1) is 12.4 Å². The van der Waals surface area contributed by atoms with Gasteiger partial charge in [0.1, 0.15) is 11.5 Å². The van der Waals surface area contributed by atoms with Crippen molar-refractivity contribution in [2.24, 2.45) is 0 Å². The van der Waals surface area contributed by atoms with E-state index in [2.05, 4.69) is 50.7 Å². The van der Waals surface area contributed by atoms with E-state index in [1.165, 1.54) is 17.1 Å². The van der Waals surface area contributed by atoms with Gasteiger partial charge in [-0.1, -0.05) is 48.5 Å². The Bertz CT molecular complexity index is 1090. The minimum atomic E-state index is -0.222. The van der Waals surface area contributed by atoms with E-state index in [-0.39, 0.29) is 11.9 Å². The third-order valence-electron chi connectivity index (χ3n) is 4.90. The zero-order valence-corrected chi connectivity index (χ0v) is 16.2. The highest BCUT2D eigenvalue weighted by Crippen LogP contribution is 2.18. The molecule has 29 heavy (non-hydrogen) atoms. The Morgan fingerprint density at radius 3 is 2.62 bits per heavy atom. The van der Waals surface area contributed by atoms with Gasteiger partial charge in [-0.05, 0) is 30.5 Å². The number of fused-ring (bicyclic) bond motifs is 1. The molecule has 0 fully saturated rings. The molecule has 4 rings (SSSR count). The number of rotatable bonds is 7. The Labute approximate surface area is 169 Å². The number of nitrogens with one attached hydrogen (secondary N) is 3. The zero-order chi connectivity index (χ0) is 20.1. The Morgan fingerprint density at radius 1 is 1.03 bits per heavy atom. The van der Waals surface area contributed by atoms with Crippen LogP contribution in [0, 0.1) is 0 Å². The van der Waals surface area contributed by atoms with Crippen molar-refractivity contribution in [3.8, 4) is 0 Å². The molecule has 0 aliphatic heterocycles. The van der Waals surface area contributed by atoms with E-state index in [1.807, 2.05) is 42.6 Å². The molecule has 146 valence electrons. The molecule has 1 amide bonds. The van der Waals surface area contributed by atoms with Crippen molar-refractivity contribution in [2.75, 3.05) is 11.9 Å². The molecule has 1 atom stereocenters. The predicted octanol–water partition coefficient (Wildman–Crippen LogP) is 4.10. The number of hydrogen-bond donors (Lipinski definition) is 3. The zero-order valence-electron chi connectivity index (χ0n) is 16.2. The van der Waals surface area contributed by atoms with E-state index in [9.17, 15) is 4.79 Å². The van der Waals surface area contributed by atoms with Gasteiger partial charge in [0.15, 0.2) is 0 Å². The highest BCUT2D eigenvalue weighted by atomic mass is 16.1. The van der Waals surface area contributed by atoms with E-state index in [1.54, 1.807) is 6.20 Å². The van der Waals surface area contributed by atoms with E-state index in [4.69, 9.17) is 0 Å². The summed E-state index contributed by atoms with van der Waals surface area (Å²) in [5.74, 6) is 0.414. The predicted molar refractivity (Wildman–Crippen MR) is 115 cm³/mol. The lowest BCUT2D eigenvalue weighted by Crippen LogP contribution is -2.26. The van der Waals surface area contributed by atoms with Crippen molar-refractivity contribution in [2.45, 2.75) is 19.4 Å². The smallest absolute Gasteiger partial charge is 0.271 e. The first-order valence-corrected chi connectivity index (χ1v) is 9.67. The summed E-state index contributed by atoms with van der Waals surface area (Å²) >= 11 is 0. The minimum Gasteiger partial charge on any atom is -0.362 e. The summed E-state index contributed by atoms with van der Waals surface area (Å²) in [6, 6.07) is 18.3. The van der Waals surface area contributed by atoms with Gasteiger partial charge in [-0.15, -0.1) is 0 Å². The van der Waals surface area contributed by atoms with Gasteiger partial charge in [-0.25, -0.2) is 9.97 Å². The number of carbonyl (C=O) groups excluding carboxylic acids is 1. The Morgan fingerprint density at radius 2 is 1.83 bits per heavy atom. The van der Waals surface area contributed by atoms with Gasteiger partial charge < -0.3 is 15.6 Å². The van der Waals surface area contributed by atoms with E-state index in [0.29, 0.717) is 18.1 Å². The Kier molecular flexibility index (Phi) is 5.52. The molecular formula is C23H23N5O. The van der Waals surface area contributed by atoms with Crippen molar-refractivity contribution in [3.05, 3.63) is 90.0 Å². The third kappa shape index (κ3) is 4.43. The molecule has 0 saturated carbocycles. The highest BCUT2D eigenvalue weighted by Gasteiger charge is 2.10. The Balaban J connectivity index is 1.31. The summed E-state index contributed by atoms with van der Waals surface area (Å²) in [6.07, 6.45) is 5.83. The fourth-order valence-electron chi connectivity index (χ4n) is 3.31. The molecule has 2 aromatic heterocycles. The number of anilines is 1.